The Balaban J connectivity index is 1.36. The number of carbonyl (C=O) groups is 1. The number of rotatable bonds is 6. The molecule has 0 radical (unpaired) electrons. The molecule has 2 aromatic heterocycles. The van der Waals surface area contributed by atoms with Gasteiger partial charge in [0.25, 0.3) is 0 Å². The lowest BCUT2D eigenvalue weighted by atomic mass is 10.1. The second-order valence-electron chi connectivity index (χ2n) is 5.73. The molecule has 126 valence electrons. The van der Waals surface area contributed by atoms with E-state index in [4.69, 9.17) is 4.74 Å². The number of piperidine rings is 1. The van der Waals surface area contributed by atoms with Crippen LogP contribution in [0.3, 0.4) is 0 Å². The summed E-state index contributed by atoms with van der Waals surface area (Å²) in [5.74, 6) is 0.581. The van der Waals surface area contributed by atoms with E-state index in [9.17, 15) is 4.79 Å². The molecule has 0 saturated carbocycles. The predicted octanol–water partition coefficient (Wildman–Crippen LogP) is 1.03. The highest BCUT2D eigenvalue weighted by atomic mass is 16.5. The highest BCUT2D eigenvalue weighted by molar-refractivity contribution is 5.77. The van der Waals surface area contributed by atoms with E-state index < -0.39 is 0 Å². The van der Waals surface area contributed by atoms with Crippen LogP contribution in [0.2, 0.25) is 0 Å². The van der Waals surface area contributed by atoms with Crippen molar-refractivity contribution in [2.45, 2.75) is 25.5 Å². The molecule has 24 heavy (non-hydrogen) atoms. The summed E-state index contributed by atoms with van der Waals surface area (Å²) in [5, 5.41) is 2.90. The van der Waals surface area contributed by atoms with Crippen LogP contribution in [0.1, 0.15) is 18.5 Å². The fraction of sp³-hybridized carbons (Fsp3) is 0.412. The average Bonchev–Trinajstić information content (AvgIpc) is 2.63. The Bertz CT molecular complexity index is 630. The van der Waals surface area contributed by atoms with Crippen LogP contribution in [-0.4, -0.2) is 51.5 Å². The number of hydrogen-bond acceptors (Lipinski definition) is 6. The highest BCUT2D eigenvalue weighted by Crippen LogP contribution is 2.16. The van der Waals surface area contributed by atoms with Crippen LogP contribution in [0.5, 0.6) is 5.88 Å². The first-order valence-corrected chi connectivity index (χ1v) is 8.11. The number of aromatic nitrogens is 3. The van der Waals surface area contributed by atoms with Gasteiger partial charge in [-0.25, -0.2) is 4.98 Å². The summed E-state index contributed by atoms with van der Waals surface area (Å²) >= 11 is 0. The molecule has 1 aliphatic rings. The molecule has 1 N–H and O–H groups in total. The van der Waals surface area contributed by atoms with Crippen molar-refractivity contribution in [1.29, 1.82) is 0 Å². The van der Waals surface area contributed by atoms with Crippen molar-refractivity contribution in [3.8, 4) is 5.88 Å². The van der Waals surface area contributed by atoms with Gasteiger partial charge in [0.05, 0.1) is 25.0 Å². The SMILES string of the molecule is O=C(CN1CCC(Oc2cnccn2)CC1)NCc1ccccn1. The Morgan fingerprint density at radius 3 is 2.79 bits per heavy atom. The fourth-order valence-electron chi connectivity index (χ4n) is 2.65. The summed E-state index contributed by atoms with van der Waals surface area (Å²) in [7, 11) is 0. The molecule has 3 rings (SSSR count). The molecule has 0 aliphatic carbocycles. The van der Waals surface area contributed by atoms with E-state index in [1.807, 2.05) is 18.2 Å². The van der Waals surface area contributed by atoms with Gasteiger partial charge >= 0.3 is 0 Å². The van der Waals surface area contributed by atoms with Crippen molar-refractivity contribution in [1.82, 2.24) is 25.2 Å². The summed E-state index contributed by atoms with van der Waals surface area (Å²) in [6.07, 6.45) is 8.49. The van der Waals surface area contributed by atoms with E-state index in [1.165, 1.54) is 0 Å². The number of amides is 1. The van der Waals surface area contributed by atoms with E-state index in [0.717, 1.165) is 31.6 Å². The van der Waals surface area contributed by atoms with Gasteiger partial charge in [-0.2, -0.15) is 0 Å². The minimum atomic E-state index is 0.0222. The number of hydrogen-bond donors (Lipinski definition) is 1. The van der Waals surface area contributed by atoms with Crippen LogP contribution in [0, 0.1) is 0 Å². The zero-order valence-corrected chi connectivity index (χ0v) is 13.5. The average molecular weight is 327 g/mol. The van der Waals surface area contributed by atoms with Crippen LogP contribution >= 0.6 is 0 Å². The summed E-state index contributed by atoms with van der Waals surface area (Å²) < 4.78 is 5.80. The molecule has 1 saturated heterocycles. The molecule has 7 nitrogen and oxygen atoms in total. The molecule has 1 aliphatic heterocycles. The maximum absolute atomic E-state index is 12.0. The standard InChI is InChI=1S/C17H21N5O2/c23-16(21-11-14-3-1-2-6-19-14)13-22-9-4-15(5-10-22)24-17-12-18-7-8-20-17/h1-3,6-8,12,15H,4-5,9-11,13H2,(H,21,23). The molecule has 1 amide bonds. The normalized spacial score (nSPS) is 15.8. The molecule has 0 atom stereocenters. The van der Waals surface area contributed by atoms with Crippen LogP contribution < -0.4 is 10.1 Å². The van der Waals surface area contributed by atoms with E-state index >= 15 is 0 Å². The molecule has 0 unspecified atom stereocenters. The van der Waals surface area contributed by atoms with Crippen LogP contribution in [0.4, 0.5) is 0 Å². The first kappa shape index (κ1) is 16.3. The van der Waals surface area contributed by atoms with E-state index in [1.54, 1.807) is 24.8 Å². The van der Waals surface area contributed by atoms with Crippen molar-refractivity contribution in [3.05, 3.63) is 48.7 Å². The van der Waals surface area contributed by atoms with Crippen LogP contribution in [0.15, 0.2) is 43.0 Å². The zero-order valence-electron chi connectivity index (χ0n) is 13.5. The number of carbonyl (C=O) groups excluding carboxylic acids is 1. The number of ether oxygens (including phenoxy) is 1. The molecule has 2 aromatic rings. The zero-order chi connectivity index (χ0) is 16.6. The monoisotopic (exact) mass is 327 g/mol. The molecule has 1 fully saturated rings. The van der Waals surface area contributed by atoms with Gasteiger partial charge in [0.2, 0.25) is 11.8 Å². The Labute approximate surface area is 141 Å². The van der Waals surface area contributed by atoms with Crippen molar-refractivity contribution >= 4 is 5.91 Å². The van der Waals surface area contributed by atoms with Gasteiger partial charge in [-0.05, 0) is 25.0 Å². The van der Waals surface area contributed by atoms with Gasteiger partial charge in [0.1, 0.15) is 6.10 Å². The third kappa shape index (κ3) is 4.99. The summed E-state index contributed by atoms with van der Waals surface area (Å²) in [5.41, 5.74) is 0.863. The van der Waals surface area contributed by atoms with Crippen molar-refractivity contribution in [2.75, 3.05) is 19.6 Å². The number of nitrogens with zero attached hydrogens (tertiary/aromatic N) is 4. The Hall–Kier alpha value is -2.54. The molecule has 7 heteroatoms. The lowest BCUT2D eigenvalue weighted by Crippen LogP contribution is -2.43. The summed E-state index contributed by atoms with van der Waals surface area (Å²) in [6.45, 7) is 2.54. The molecule has 0 bridgehead atoms. The quantitative estimate of drug-likeness (QED) is 0.854. The third-order valence-electron chi connectivity index (χ3n) is 3.92. The molecular weight excluding hydrogens is 306 g/mol. The number of likely N-dealkylation sites (tertiary alicyclic amines) is 1. The van der Waals surface area contributed by atoms with Gasteiger partial charge in [-0.3, -0.25) is 19.7 Å². The maximum Gasteiger partial charge on any atom is 0.234 e. The minimum Gasteiger partial charge on any atom is -0.473 e. The van der Waals surface area contributed by atoms with Gasteiger partial charge in [-0.1, -0.05) is 6.07 Å². The number of nitrogens with one attached hydrogen (secondary N) is 1. The van der Waals surface area contributed by atoms with Gasteiger partial charge < -0.3 is 10.1 Å². The van der Waals surface area contributed by atoms with Crippen LogP contribution in [-0.2, 0) is 11.3 Å². The van der Waals surface area contributed by atoms with Crippen molar-refractivity contribution in [2.24, 2.45) is 0 Å². The second-order valence-corrected chi connectivity index (χ2v) is 5.73. The molecule has 0 aromatic carbocycles. The lowest BCUT2D eigenvalue weighted by Gasteiger charge is -2.31. The van der Waals surface area contributed by atoms with E-state index in [-0.39, 0.29) is 12.0 Å². The van der Waals surface area contributed by atoms with Crippen molar-refractivity contribution < 1.29 is 9.53 Å². The summed E-state index contributed by atoms with van der Waals surface area (Å²) in [6, 6.07) is 5.67. The van der Waals surface area contributed by atoms with E-state index in [2.05, 4.69) is 25.2 Å². The summed E-state index contributed by atoms with van der Waals surface area (Å²) in [4.78, 5) is 26.5. The van der Waals surface area contributed by atoms with Gasteiger partial charge in [0.15, 0.2) is 0 Å². The predicted molar refractivity (Wildman–Crippen MR) is 88.2 cm³/mol. The first-order chi connectivity index (χ1) is 11.8. The Morgan fingerprint density at radius 1 is 1.21 bits per heavy atom. The largest absolute Gasteiger partial charge is 0.473 e. The lowest BCUT2D eigenvalue weighted by molar-refractivity contribution is -0.122. The fourth-order valence-corrected chi connectivity index (χ4v) is 2.65. The topological polar surface area (TPSA) is 80.2 Å². The van der Waals surface area contributed by atoms with Crippen LogP contribution in [0.25, 0.3) is 0 Å². The third-order valence-corrected chi connectivity index (χ3v) is 3.92. The highest BCUT2D eigenvalue weighted by Gasteiger charge is 2.22. The Morgan fingerprint density at radius 2 is 2.08 bits per heavy atom. The van der Waals surface area contributed by atoms with Gasteiger partial charge in [-0.15, -0.1) is 0 Å². The Kier molecular flexibility index (Phi) is 5.68. The molecular formula is C17H21N5O2. The molecule has 3 heterocycles. The van der Waals surface area contributed by atoms with Crippen molar-refractivity contribution in [3.63, 3.8) is 0 Å². The molecule has 0 spiro atoms. The first-order valence-electron chi connectivity index (χ1n) is 8.11. The number of pyridine rings is 1. The smallest absolute Gasteiger partial charge is 0.234 e. The van der Waals surface area contributed by atoms with E-state index in [0.29, 0.717) is 19.0 Å². The minimum absolute atomic E-state index is 0.0222. The van der Waals surface area contributed by atoms with Gasteiger partial charge in [0, 0.05) is 31.7 Å². The maximum atomic E-state index is 12.0. The second kappa shape index (κ2) is 8.35.